The fourth-order valence-corrected chi connectivity index (χ4v) is 7.01. The number of carbonyl (C=O) groups is 1. The third-order valence-electron chi connectivity index (χ3n) is 8.66. The highest BCUT2D eigenvalue weighted by molar-refractivity contribution is 6.30. The van der Waals surface area contributed by atoms with Gasteiger partial charge in [-0.05, 0) is 56.9 Å². The molecule has 7 rings (SSSR count). The van der Waals surface area contributed by atoms with Gasteiger partial charge in [0.25, 0.3) is 0 Å². The monoisotopic (exact) mass is 470 g/mol. The van der Waals surface area contributed by atoms with Crippen molar-refractivity contribution in [3.05, 3.63) is 40.4 Å². The van der Waals surface area contributed by atoms with Crippen molar-refractivity contribution in [2.75, 3.05) is 26.2 Å². The molecule has 0 radical (unpaired) electrons. The van der Waals surface area contributed by atoms with E-state index >= 15 is 0 Å². The first-order valence-electron chi connectivity index (χ1n) is 12.2. The lowest BCUT2D eigenvalue weighted by atomic mass is 9.56. The molecule has 7 nitrogen and oxygen atoms in total. The number of amides is 2. The van der Waals surface area contributed by atoms with Crippen LogP contribution < -0.4 is 0 Å². The van der Waals surface area contributed by atoms with Crippen LogP contribution in [-0.2, 0) is 6.42 Å². The predicted octanol–water partition coefficient (Wildman–Crippen LogP) is 4.12. The minimum atomic E-state index is -0.315. The van der Waals surface area contributed by atoms with Gasteiger partial charge in [0, 0.05) is 55.0 Å². The van der Waals surface area contributed by atoms with Crippen molar-refractivity contribution in [1.29, 1.82) is 0 Å². The third-order valence-corrected chi connectivity index (χ3v) is 8.87. The molecule has 2 saturated heterocycles. The van der Waals surface area contributed by atoms with Gasteiger partial charge < -0.3 is 9.80 Å². The quantitative estimate of drug-likeness (QED) is 0.729. The summed E-state index contributed by atoms with van der Waals surface area (Å²) in [7, 11) is 0. The average Bonchev–Trinajstić information content (AvgIpc) is 3.40. The summed E-state index contributed by atoms with van der Waals surface area (Å²) in [5, 5.41) is 7.90. The van der Waals surface area contributed by atoms with Crippen LogP contribution in [0, 0.1) is 22.6 Å². The number of carbonyl (C=O) groups excluding carboxylic acids is 1. The Morgan fingerprint density at radius 1 is 1.09 bits per heavy atom. The van der Waals surface area contributed by atoms with Gasteiger partial charge in [-0.1, -0.05) is 11.6 Å². The summed E-state index contributed by atoms with van der Waals surface area (Å²) < 4.78 is 14.0. The lowest BCUT2D eigenvalue weighted by molar-refractivity contribution is -0.101. The van der Waals surface area contributed by atoms with Crippen molar-refractivity contribution in [2.45, 2.75) is 56.8 Å². The van der Waals surface area contributed by atoms with Crippen LogP contribution in [0.15, 0.2) is 12.3 Å². The summed E-state index contributed by atoms with van der Waals surface area (Å²) in [6.07, 6.45) is 8.92. The highest BCUT2D eigenvalue weighted by atomic mass is 35.5. The van der Waals surface area contributed by atoms with E-state index in [0.717, 1.165) is 63.5 Å². The summed E-state index contributed by atoms with van der Waals surface area (Å²) in [4.78, 5) is 25.8. The van der Waals surface area contributed by atoms with E-state index in [1.165, 1.54) is 25.1 Å². The molecule has 174 valence electrons. The van der Waals surface area contributed by atoms with Crippen LogP contribution in [0.5, 0.6) is 0 Å². The van der Waals surface area contributed by atoms with Crippen LogP contribution >= 0.6 is 11.6 Å². The first-order chi connectivity index (χ1) is 15.9. The second kappa shape index (κ2) is 6.90. The molecule has 0 atom stereocenters. The van der Waals surface area contributed by atoms with E-state index in [-0.39, 0.29) is 17.3 Å². The van der Waals surface area contributed by atoms with Gasteiger partial charge in [0.2, 0.25) is 0 Å². The number of halogens is 2. The summed E-state index contributed by atoms with van der Waals surface area (Å²) in [6.45, 7) is 3.42. The van der Waals surface area contributed by atoms with Gasteiger partial charge in [0.05, 0.1) is 10.7 Å². The number of pyridine rings is 1. The fraction of sp³-hybridized carbons (Fsp3) is 0.667. The average molecular weight is 471 g/mol. The molecule has 3 aliphatic carbocycles. The number of H-pyrrole nitrogens is 1. The smallest absolute Gasteiger partial charge is 0.320 e. The number of aromatic nitrogens is 4. The van der Waals surface area contributed by atoms with Crippen LogP contribution in [0.4, 0.5) is 9.18 Å². The molecule has 2 aromatic rings. The molecule has 0 unspecified atom stereocenters. The molecular weight excluding hydrogens is 443 g/mol. The van der Waals surface area contributed by atoms with E-state index in [0.29, 0.717) is 40.3 Å². The van der Waals surface area contributed by atoms with Crippen molar-refractivity contribution >= 4 is 17.6 Å². The van der Waals surface area contributed by atoms with E-state index in [1.54, 1.807) is 0 Å². The molecule has 2 aromatic heterocycles. The van der Waals surface area contributed by atoms with Crippen LogP contribution in [0.2, 0.25) is 5.02 Å². The molecule has 0 bridgehead atoms. The second-order valence-electron chi connectivity index (χ2n) is 11.5. The van der Waals surface area contributed by atoms with Crippen LogP contribution in [0.3, 0.4) is 0 Å². The Labute approximate surface area is 197 Å². The minimum Gasteiger partial charge on any atom is -0.323 e. The molecule has 2 amide bonds. The van der Waals surface area contributed by atoms with Crippen molar-refractivity contribution in [3.8, 4) is 0 Å². The lowest BCUT2D eigenvalue weighted by Gasteiger charge is -2.63. The molecule has 33 heavy (non-hydrogen) atoms. The van der Waals surface area contributed by atoms with Crippen LogP contribution in [-0.4, -0.2) is 62.2 Å². The predicted molar refractivity (Wildman–Crippen MR) is 119 cm³/mol. The molecular formula is C24H28ClFN6O. The number of nitrogens with one attached hydrogen (secondary N) is 1. The lowest BCUT2D eigenvalue weighted by Crippen LogP contribution is -2.71. The number of likely N-dealkylation sites (tertiary alicyclic amines) is 2. The normalized spacial score (nSPS) is 25.5. The molecule has 5 fully saturated rings. The first kappa shape index (κ1) is 20.2. The highest BCUT2D eigenvalue weighted by Gasteiger charge is 2.58. The molecule has 2 spiro atoms. The number of rotatable bonds is 4. The number of hydrogen-bond acceptors (Lipinski definition) is 4. The van der Waals surface area contributed by atoms with E-state index in [9.17, 15) is 9.18 Å². The summed E-state index contributed by atoms with van der Waals surface area (Å²) in [5.41, 5.74) is 1.05. The van der Waals surface area contributed by atoms with Gasteiger partial charge in [-0.15, -0.1) is 0 Å². The molecule has 2 aliphatic heterocycles. The van der Waals surface area contributed by atoms with E-state index in [4.69, 9.17) is 16.6 Å². The van der Waals surface area contributed by atoms with Gasteiger partial charge >= 0.3 is 6.03 Å². The Morgan fingerprint density at radius 3 is 2.39 bits per heavy atom. The highest BCUT2D eigenvalue weighted by Crippen LogP contribution is 2.57. The second-order valence-corrected chi connectivity index (χ2v) is 11.9. The number of aromatic amines is 1. The maximum absolute atomic E-state index is 14.0. The van der Waals surface area contributed by atoms with Crippen LogP contribution in [0.25, 0.3) is 0 Å². The molecule has 3 saturated carbocycles. The van der Waals surface area contributed by atoms with Crippen molar-refractivity contribution in [3.63, 3.8) is 0 Å². The summed E-state index contributed by atoms with van der Waals surface area (Å²) in [5.74, 6) is 3.23. The summed E-state index contributed by atoms with van der Waals surface area (Å²) in [6, 6.07) is 1.53. The molecule has 1 N–H and O–H groups in total. The minimum absolute atomic E-state index is 0.192. The largest absolute Gasteiger partial charge is 0.323 e. The van der Waals surface area contributed by atoms with Crippen molar-refractivity contribution in [1.82, 2.24) is 30.0 Å². The van der Waals surface area contributed by atoms with Gasteiger partial charge in [0.1, 0.15) is 11.6 Å². The van der Waals surface area contributed by atoms with Crippen molar-refractivity contribution in [2.24, 2.45) is 16.7 Å². The van der Waals surface area contributed by atoms with Gasteiger partial charge in [0.15, 0.2) is 5.82 Å². The van der Waals surface area contributed by atoms with E-state index < -0.39 is 0 Å². The Kier molecular flexibility index (Phi) is 4.22. The van der Waals surface area contributed by atoms with Crippen LogP contribution in [0.1, 0.15) is 67.7 Å². The Morgan fingerprint density at radius 2 is 1.76 bits per heavy atom. The van der Waals surface area contributed by atoms with E-state index in [2.05, 4.69) is 15.2 Å². The van der Waals surface area contributed by atoms with Crippen molar-refractivity contribution < 1.29 is 9.18 Å². The topological polar surface area (TPSA) is 78.0 Å². The molecule has 4 heterocycles. The zero-order valence-electron chi connectivity index (χ0n) is 18.6. The van der Waals surface area contributed by atoms with Gasteiger partial charge in [-0.2, -0.15) is 5.10 Å². The zero-order chi connectivity index (χ0) is 22.4. The number of urea groups is 1. The number of hydrogen-bond donors (Lipinski definition) is 1. The standard InChI is InChI=1S/C24H28ClFN6O/c25-17-4-18(26)19(27-9-17)3-14-5-23(6-14)10-31(11-23)22(33)32-12-24(13-32)7-16(8-24)21-28-20(29-30-21)15-1-2-15/h4,9,14-16H,1-3,5-8,10-13H2,(H,28,29,30). The first-order valence-corrected chi connectivity index (χ1v) is 12.5. The number of nitrogens with zero attached hydrogens (tertiary/aromatic N) is 5. The van der Waals surface area contributed by atoms with E-state index in [1.807, 2.05) is 9.80 Å². The van der Waals surface area contributed by atoms with Gasteiger partial charge in [-0.25, -0.2) is 14.2 Å². The fourth-order valence-electron chi connectivity index (χ4n) is 6.87. The third kappa shape index (κ3) is 3.35. The Hall–Kier alpha value is -2.22. The molecule has 5 aliphatic rings. The zero-order valence-corrected chi connectivity index (χ0v) is 19.3. The molecule has 9 heteroatoms. The molecule has 0 aromatic carbocycles. The Bertz CT molecular complexity index is 1100. The van der Waals surface area contributed by atoms with Gasteiger partial charge in [-0.3, -0.25) is 10.1 Å². The SMILES string of the molecule is O=C(N1CC2(CC(Cc3ncc(Cl)cc3F)C2)C1)N1CC2(CC(c3n[nH]c(C4CC4)n3)C2)C1. The maximum Gasteiger partial charge on any atom is 0.320 e. The summed E-state index contributed by atoms with van der Waals surface area (Å²) >= 11 is 5.79. The maximum atomic E-state index is 14.0. The Balaban J connectivity index is 0.856.